The first-order valence-corrected chi connectivity index (χ1v) is 6.87. The minimum absolute atomic E-state index is 0.0141. The van der Waals surface area contributed by atoms with E-state index in [2.05, 4.69) is 12.1 Å². The molecule has 1 aliphatic rings. The predicted octanol–water partition coefficient (Wildman–Crippen LogP) is 2.77. The summed E-state index contributed by atoms with van der Waals surface area (Å²) in [6, 6.07) is 13.0. The molecule has 1 unspecified atom stereocenters. The van der Waals surface area contributed by atoms with Crippen LogP contribution in [0.4, 0.5) is 5.69 Å². The van der Waals surface area contributed by atoms with Gasteiger partial charge in [0.2, 0.25) is 0 Å². The molecule has 0 saturated heterocycles. The molecule has 2 aromatic rings. The second-order valence-electron chi connectivity index (χ2n) is 5.17. The predicted molar refractivity (Wildman–Crippen MR) is 79.4 cm³/mol. The van der Waals surface area contributed by atoms with Gasteiger partial charge in [-0.15, -0.1) is 0 Å². The fourth-order valence-corrected chi connectivity index (χ4v) is 2.65. The molecule has 0 bridgehead atoms. The van der Waals surface area contributed by atoms with Crippen LogP contribution in [0.2, 0.25) is 0 Å². The lowest BCUT2D eigenvalue weighted by Gasteiger charge is -2.29. The van der Waals surface area contributed by atoms with Gasteiger partial charge in [0.15, 0.2) is 5.75 Å². The molecule has 2 aromatic carbocycles. The fraction of sp³-hybridized carbons (Fsp3) is 0.250. The minimum atomic E-state index is -0.426. The number of ether oxygens (including phenoxy) is 1. The van der Waals surface area contributed by atoms with Crippen molar-refractivity contribution in [1.82, 2.24) is 0 Å². The Hall–Kier alpha value is -2.40. The second kappa shape index (κ2) is 5.54. The molecule has 5 nitrogen and oxygen atoms in total. The van der Waals surface area contributed by atoms with Crippen LogP contribution in [0.5, 0.6) is 5.75 Å². The highest BCUT2D eigenvalue weighted by molar-refractivity contribution is 5.49. The van der Waals surface area contributed by atoms with Crippen molar-refractivity contribution in [3.05, 3.63) is 69.3 Å². The summed E-state index contributed by atoms with van der Waals surface area (Å²) in [5, 5.41) is 11.0. The van der Waals surface area contributed by atoms with E-state index in [1.807, 2.05) is 12.1 Å². The van der Waals surface area contributed by atoms with Crippen molar-refractivity contribution in [3.8, 4) is 5.75 Å². The van der Waals surface area contributed by atoms with E-state index in [0.29, 0.717) is 24.8 Å². The summed E-state index contributed by atoms with van der Waals surface area (Å²) in [5.74, 6) is 0.606. The SMILES string of the molecule is NCc1ccc([N+](=O)[O-])c(OCC2Cc3ccccc32)c1. The Balaban J connectivity index is 1.75. The van der Waals surface area contributed by atoms with Gasteiger partial charge in [-0.25, -0.2) is 0 Å². The molecule has 3 rings (SSSR count). The van der Waals surface area contributed by atoms with Crippen LogP contribution in [-0.4, -0.2) is 11.5 Å². The Bertz CT molecular complexity index is 685. The van der Waals surface area contributed by atoms with Crippen molar-refractivity contribution in [2.24, 2.45) is 5.73 Å². The lowest BCUT2D eigenvalue weighted by Crippen LogP contribution is -2.23. The lowest BCUT2D eigenvalue weighted by molar-refractivity contribution is -0.385. The maximum absolute atomic E-state index is 11.0. The van der Waals surface area contributed by atoms with Gasteiger partial charge in [0, 0.05) is 18.5 Å². The zero-order chi connectivity index (χ0) is 14.8. The van der Waals surface area contributed by atoms with Gasteiger partial charge in [-0.3, -0.25) is 10.1 Å². The Morgan fingerprint density at radius 2 is 2.10 bits per heavy atom. The van der Waals surface area contributed by atoms with Gasteiger partial charge < -0.3 is 10.5 Å². The Morgan fingerprint density at radius 1 is 1.29 bits per heavy atom. The summed E-state index contributed by atoms with van der Waals surface area (Å²) in [6.07, 6.45) is 0.959. The second-order valence-corrected chi connectivity index (χ2v) is 5.17. The molecule has 0 amide bonds. The number of hydrogen-bond acceptors (Lipinski definition) is 4. The van der Waals surface area contributed by atoms with Crippen LogP contribution < -0.4 is 10.5 Å². The molecule has 0 fully saturated rings. The number of benzene rings is 2. The van der Waals surface area contributed by atoms with Crippen LogP contribution in [0, 0.1) is 10.1 Å². The van der Waals surface area contributed by atoms with Crippen molar-refractivity contribution in [2.45, 2.75) is 18.9 Å². The molecule has 1 atom stereocenters. The number of fused-ring (bicyclic) bond motifs is 1. The van der Waals surface area contributed by atoms with Gasteiger partial charge in [0.05, 0.1) is 11.5 Å². The normalized spacial score (nSPS) is 16.0. The molecule has 21 heavy (non-hydrogen) atoms. The van der Waals surface area contributed by atoms with E-state index in [4.69, 9.17) is 10.5 Å². The first kappa shape index (κ1) is 13.6. The lowest BCUT2D eigenvalue weighted by atomic mass is 9.78. The summed E-state index contributed by atoms with van der Waals surface area (Å²) in [4.78, 5) is 10.6. The minimum Gasteiger partial charge on any atom is -0.486 e. The zero-order valence-corrected chi connectivity index (χ0v) is 11.5. The molecule has 0 saturated carbocycles. The van der Waals surface area contributed by atoms with Crippen molar-refractivity contribution in [1.29, 1.82) is 0 Å². The van der Waals surface area contributed by atoms with Crippen molar-refractivity contribution >= 4 is 5.69 Å². The highest BCUT2D eigenvalue weighted by atomic mass is 16.6. The molecule has 0 spiro atoms. The number of nitrogens with two attached hydrogens (primary N) is 1. The Labute approximate surface area is 122 Å². The number of hydrogen-bond donors (Lipinski definition) is 1. The topological polar surface area (TPSA) is 78.4 Å². The summed E-state index contributed by atoms with van der Waals surface area (Å²) in [6.45, 7) is 0.784. The van der Waals surface area contributed by atoms with Gasteiger partial charge in [0.25, 0.3) is 0 Å². The molecular formula is C16H16N2O3. The highest BCUT2D eigenvalue weighted by Gasteiger charge is 2.27. The molecule has 0 heterocycles. The van der Waals surface area contributed by atoms with Crippen LogP contribution in [-0.2, 0) is 13.0 Å². The number of nitrogens with zero attached hydrogens (tertiary/aromatic N) is 1. The van der Waals surface area contributed by atoms with Gasteiger partial charge in [0.1, 0.15) is 0 Å². The van der Waals surface area contributed by atoms with E-state index >= 15 is 0 Å². The Kier molecular flexibility index (Phi) is 3.58. The number of rotatable bonds is 5. The van der Waals surface area contributed by atoms with Gasteiger partial charge in [-0.05, 0) is 29.2 Å². The molecule has 1 aliphatic carbocycles. The average molecular weight is 284 g/mol. The van der Waals surface area contributed by atoms with E-state index in [0.717, 1.165) is 12.0 Å². The third-order valence-electron chi connectivity index (χ3n) is 3.86. The first-order valence-electron chi connectivity index (χ1n) is 6.87. The van der Waals surface area contributed by atoms with Gasteiger partial charge in [-0.1, -0.05) is 30.3 Å². The van der Waals surface area contributed by atoms with Crippen LogP contribution in [0.25, 0.3) is 0 Å². The van der Waals surface area contributed by atoms with Crippen LogP contribution in [0.15, 0.2) is 42.5 Å². The van der Waals surface area contributed by atoms with Crippen LogP contribution >= 0.6 is 0 Å². The maximum Gasteiger partial charge on any atom is 0.310 e. The molecule has 5 heteroatoms. The van der Waals surface area contributed by atoms with Crippen molar-refractivity contribution in [2.75, 3.05) is 6.61 Å². The molecule has 0 aliphatic heterocycles. The summed E-state index contributed by atoms with van der Waals surface area (Å²) >= 11 is 0. The summed E-state index contributed by atoms with van der Waals surface area (Å²) < 4.78 is 5.70. The number of nitro benzene ring substituents is 1. The standard InChI is InChI=1S/C16H16N2O3/c17-9-11-5-6-15(18(19)20)16(7-11)21-10-13-8-12-3-1-2-4-14(12)13/h1-7,13H,8-10,17H2. The van der Waals surface area contributed by atoms with Gasteiger partial charge in [-0.2, -0.15) is 0 Å². The van der Waals surface area contributed by atoms with E-state index in [1.54, 1.807) is 12.1 Å². The molecular weight excluding hydrogens is 268 g/mol. The Morgan fingerprint density at radius 3 is 2.81 bits per heavy atom. The average Bonchev–Trinajstić information content (AvgIpc) is 2.47. The highest BCUT2D eigenvalue weighted by Crippen LogP contribution is 2.36. The van der Waals surface area contributed by atoms with E-state index in [-0.39, 0.29) is 5.69 Å². The molecule has 0 radical (unpaired) electrons. The third-order valence-corrected chi connectivity index (χ3v) is 3.86. The largest absolute Gasteiger partial charge is 0.486 e. The van der Waals surface area contributed by atoms with Crippen LogP contribution in [0.1, 0.15) is 22.6 Å². The van der Waals surface area contributed by atoms with Crippen molar-refractivity contribution in [3.63, 3.8) is 0 Å². The maximum atomic E-state index is 11.0. The van der Waals surface area contributed by atoms with Crippen molar-refractivity contribution < 1.29 is 9.66 Å². The fourth-order valence-electron chi connectivity index (χ4n) is 2.65. The first-order chi connectivity index (χ1) is 10.2. The van der Waals surface area contributed by atoms with Crippen LogP contribution in [0.3, 0.4) is 0 Å². The quantitative estimate of drug-likeness (QED) is 0.676. The zero-order valence-electron chi connectivity index (χ0n) is 11.5. The van der Waals surface area contributed by atoms with E-state index < -0.39 is 4.92 Å². The monoisotopic (exact) mass is 284 g/mol. The van der Waals surface area contributed by atoms with E-state index in [1.165, 1.54) is 17.2 Å². The summed E-state index contributed by atoms with van der Waals surface area (Å²) in [5.41, 5.74) is 8.99. The molecule has 108 valence electrons. The summed E-state index contributed by atoms with van der Waals surface area (Å²) in [7, 11) is 0. The number of nitro groups is 1. The van der Waals surface area contributed by atoms with Gasteiger partial charge >= 0.3 is 5.69 Å². The smallest absolute Gasteiger partial charge is 0.310 e. The molecule has 2 N–H and O–H groups in total. The molecule has 0 aromatic heterocycles. The van der Waals surface area contributed by atoms with E-state index in [9.17, 15) is 10.1 Å². The third kappa shape index (κ3) is 2.60.